The summed E-state index contributed by atoms with van der Waals surface area (Å²) in [4.78, 5) is 17.0. The van der Waals surface area contributed by atoms with Crippen molar-refractivity contribution in [2.45, 2.75) is 32.2 Å². The van der Waals surface area contributed by atoms with Gasteiger partial charge in [-0.2, -0.15) is 0 Å². The van der Waals surface area contributed by atoms with Crippen LogP contribution in [0.15, 0.2) is 63.5 Å². The van der Waals surface area contributed by atoms with E-state index in [-0.39, 0.29) is 11.7 Å². The van der Waals surface area contributed by atoms with E-state index in [1.807, 2.05) is 72.3 Å². The summed E-state index contributed by atoms with van der Waals surface area (Å²) >= 11 is 6.16. The molecule has 4 rings (SSSR count). The molecule has 0 radical (unpaired) electrons. The average Bonchev–Trinajstić information content (AvgIpc) is 3.44. The molecule has 2 aromatic carbocycles. The third-order valence-electron chi connectivity index (χ3n) is 4.72. The van der Waals surface area contributed by atoms with Gasteiger partial charge >= 0.3 is 0 Å². The maximum absolute atomic E-state index is 12.5. The molecule has 0 bridgehead atoms. The highest BCUT2D eigenvalue weighted by atomic mass is 79.9. The van der Waals surface area contributed by atoms with Crippen LogP contribution in [0.25, 0.3) is 11.3 Å². The number of carbonyl (C=O) groups is 1. The molecule has 1 N–H and O–H groups in total. The van der Waals surface area contributed by atoms with Gasteiger partial charge in [-0.1, -0.05) is 57.5 Å². The van der Waals surface area contributed by atoms with E-state index in [4.69, 9.17) is 4.74 Å². The van der Waals surface area contributed by atoms with Crippen LogP contribution in [0.1, 0.15) is 18.3 Å². The summed E-state index contributed by atoms with van der Waals surface area (Å²) in [5, 5.41) is 14.6. The van der Waals surface area contributed by atoms with Crippen LogP contribution >= 0.6 is 39.0 Å². The molecule has 0 spiro atoms. The summed E-state index contributed by atoms with van der Waals surface area (Å²) in [7, 11) is 0. The molecule has 170 valence electrons. The number of nitrogens with zero attached hydrogens (tertiary/aromatic N) is 4. The van der Waals surface area contributed by atoms with Gasteiger partial charge in [-0.15, -0.1) is 21.5 Å². The van der Waals surface area contributed by atoms with Crippen LogP contribution in [0.5, 0.6) is 5.75 Å². The highest BCUT2D eigenvalue weighted by Gasteiger charge is 2.15. The average molecular weight is 545 g/mol. The van der Waals surface area contributed by atoms with Gasteiger partial charge in [-0.05, 0) is 38.1 Å². The molecular weight excluding hydrogens is 522 g/mol. The normalized spacial score (nSPS) is 10.9. The van der Waals surface area contributed by atoms with Gasteiger partial charge in [-0.3, -0.25) is 4.79 Å². The van der Waals surface area contributed by atoms with E-state index < -0.39 is 0 Å². The van der Waals surface area contributed by atoms with Gasteiger partial charge in [0.05, 0.1) is 11.4 Å². The van der Waals surface area contributed by atoms with Crippen LogP contribution in [0.3, 0.4) is 0 Å². The lowest BCUT2D eigenvalue weighted by Crippen LogP contribution is -2.14. The van der Waals surface area contributed by atoms with E-state index in [0.717, 1.165) is 21.5 Å². The topological polar surface area (TPSA) is 81.9 Å². The van der Waals surface area contributed by atoms with Crippen molar-refractivity contribution in [3.05, 3.63) is 69.8 Å². The van der Waals surface area contributed by atoms with Gasteiger partial charge in [0, 0.05) is 22.0 Å². The van der Waals surface area contributed by atoms with E-state index in [2.05, 4.69) is 36.4 Å². The quantitative estimate of drug-likeness (QED) is 0.268. The van der Waals surface area contributed by atoms with Crippen molar-refractivity contribution in [2.75, 3.05) is 11.1 Å². The Bertz CT molecular complexity index is 1220. The first-order chi connectivity index (χ1) is 16.0. The predicted octanol–water partition coefficient (Wildman–Crippen LogP) is 5.80. The largest absolute Gasteiger partial charge is 0.486 e. The molecule has 0 aliphatic heterocycles. The van der Waals surface area contributed by atoms with Crippen molar-refractivity contribution in [1.82, 2.24) is 19.7 Å². The number of rotatable bonds is 9. The van der Waals surface area contributed by atoms with Crippen LogP contribution in [0.2, 0.25) is 0 Å². The number of ether oxygens (including phenoxy) is 1. The molecule has 4 aromatic rings. The van der Waals surface area contributed by atoms with Gasteiger partial charge in [0.15, 0.2) is 16.1 Å². The van der Waals surface area contributed by atoms with E-state index in [0.29, 0.717) is 29.3 Å². The Balaban J connectivity index is 1.32. The minimum atomic E-state index is -0.136. The molecule has 1 amide bonds. The number of nitrogens with one attached hydrogen (secondary N) is 1. The summed E-state index contributed by atoms with van der Waals surface area (Å²) in [5.74, 6) is 1.55. The van der Waals surface area contributed by atoms with E-state index in [1.54, 1.807) is 0 Å². The highest BCUT2D eigenvalue weighted by molar-refractivity contribution is 9.10. The number of anilines is 1. The molecule has 0 saturated carbocycles. The molecule has 0 fully saturated rings. The molecule has 7 nitrogen and oxygen atoms in total. The molecule has 0 unspecified atom stereocenters. The Labute approximate surface area is 208 Å². The lowest BCUT2D eigenvalue weighted by Gasteiger charge is -2.09. The number of amides is 1. The van der Waals surface area contributed by atoms with Crippen LogP contribution < -0.4 is 10.1 Å². The summed E-state index contributed by atoms with van der Waals surface area (Å²) in [6, 6.07) is 15.8. The number of hydrogen-bond acceptors (Lipinski definition) is 7. The van der Waals surface area contributed by atoms with Gasteiger partial charge in [0.1, 0.15) is 12.4 Å². The maximum atomic E-state index is 12.5. The first-order valence-corrected chi connectivity index (χ1v) is 12.9. The predicted molar refractivity (Wildman–Crippen MR) is 136 cm³/mol. The molecular formula is C23H22BrN5O2S2. The lowest BCUT2D eigenvalue weighted by atomic mass is 10.1. The highest BCUT2D eigenvalue weighted by Crippen LogP contribution is 2.26. The minimum Gasteiger partial charge on any atom is -0.486 e. The van der Waals surface area contributed by atoms with Gasteiger partial charge in [-0.25, -0.2) is 4.98 Å². The Morgan fingerprint density at radius 2 is 1.91 bits per heavy atom. The molecule has 33 heavy (non-hydrogen) atoms. The molecule has 0 saturated heterocycles. The standard InChI is InChI=1S/C23H22BrN5O2S2/c1-3-29-20(12-31-18-10-8-17(24)9-11-18)27-28-23(29)33-14-21(30)26-22-25-19(13-32-22)16-6-4-15(2)5-7-16/h4-11,13H,3,12,14H2,1-2H3,(H,25,26,30). The minimum absolute atomic E-state index is 0.136. The van der Waals surface area contributed by atoms with Crippen LogP contribution in [0.4, 0.5) is 5.13 Å². The third kappa shape index (κ3) is 6.21. The number of thioether (sulfide) groups is 1. The van der Waals surface area contributed by atoms with E-state index >= 15 is 0 Å². The van der Waals surface area contributed by atoms with E-state index in [1.165, 1.54) is 28.7 Å². The summed E-state index contributed by atoms with van der Waals surface area (Å²) in [6.45, 7) is 5.04. The molecule has 2 aromatic heterocycles. The van der Waals surface area contributed by atoms with Crippen molar-refractivity contribution in [2.24, 2.45) is 0 Å². The summed E-state index contributed by atoms with van der Waals surface area (Å²) < 4.78 is 8.76. The third-order valence-corrected chi connectivity index (χ3v) is 6.97. The second kappa shape index (κ2) is 11.0. The fourth-order valence-electron chi connectivity index (χ4n) is 3.00. The Morgan fingerprint density at radius 3 is 2.64 bits per heavy atom. The Morgan fingerprint density at radius 1 is 1.15 bits per heavy atom. The second-order valence-corrected chi connectivity index (χ2v) is 9.84. The smallest absolute Gasteiger partial charge is 0.236 e. The van der Waals surface area contributed by atoms with Crippen molar-refractivity contribution in [3.63, 3.8) is 0 Å². The number of halogens is 1. The summed E-state index contributed by atoms with van der Waals surface area (Å²) in [6.07, 6.45) is 0. The molecule has 0 atom stereocenters. The molecule has 0 aliphatic carbocycles. The molecule has 2 heterocycles. The van der Waals surface area contributed by atoms with Gasteiger partial charge in [0.2, 0.25) is 5.91 Å². The second-order valence-electron chi connectivity index (χ2n) is 7.13. The summed E-state index contributed by atoms with van der Waals surface area (Å²) in [5.41, 5.74) is 3.08. The molecule has 10 heteroatoms. The van der Waals surface area contributed by atoms with E-state index in [9.17, 15) is 4.79 Å². The lowest BCUT2D eigenvalue weighted by molar-refractivity contribution is -0.113. The molecule has 0 aliphatic rings. The first-order valence-electron chi connectivity index (χ1n) is 10.3. The first kappa shape index (κ1) is 23.5. The van der Waals surface area contributed by atoms with Crippen molar-refractivity contribution in [1.29, 1.82) is 0 Å². The van der Waals surface area contributed by atoms with Gasteiger partial charge in [0.25, 0.3) is 0 Å². The number of thiazole rings is 1. The number of hydrogen-bond donors (Lipinski definition) is 1. The zero-order valence-corrected chi connectivity index (χ0v) is 21.3. The van der Waals surface area contributed by atoms with Crippen LogP contribution in [-0.2, 0) is 17.9 Å². The number of aromatic nitrogens is 4. The zero-order valence-electron chi connectivity index (χ0n) is 18.1. The van der Waals surface area contributed by atoms with Crippen molar-refractivity contribution < 1.29 is 9.53 Å². The maximum Gasteiger partial charge on any atom is 0.236 e. The fourth-order valence-corrected chi connectivity index (χ4v) is 4.82. The monoisotopic (exact) mass is 543 g/mol. The number of benzene rings is 2. The number of carbonyl (C=O) groups excluding carboxylic acids is 1. The number of aryl methyl sites for hydroxylation is 1. The fraction of sp³-hybridized carbons (Fsp3) is 0.217. The SMILES string of the molecule is CCn1c(COc2ccc(Br)cc2)nnc1SCC(=O)Nc1nc(-c2ccc(C)cc2)cs1. The Hall–Kier alpha value is -2.69. The van der Waals surface area contributed by atoms with Crippen LogP contribution in [0, 0.1) is 6.92 Å². The van der Waals surface area contributed by atoms with Gasteiger partial charge < -0.3 is 14.6 Å². The van der Waals surface area contributed by atoms with Crippen molar-refractivity contribution >= 4 is 50.1 Å². The Kier molecular flexibility index (Phi) is 7.79. The van der Waals surface area contributed by atoms with Crippen LogP contribution in [-0.4, -0.2) is 31.4 Å². The van der Waals surface area contributed by atoms with Crippen molar-refractivity contribution in [3.8, 4) is 17.0 Å². The zero-order chi connectivity index (χ0) is 23.2.